The Labute approximate surface area is 121 Å². The molecule has 0 saturated heterocycles. The van der Waals surface area contributed by atoms with Gasteiger partial charge in [0.15, 0.2) is 0 Å². The summed E-state index contributed by atoms with van der Waals surface area (Å²) < 4.78 is 5.64. The van der Waals surface area contributed by atoms with Crippen LogP contribution < -0.4 is 15.4 Å². The lowest BCUT2D eigenvalue weighted by Gasteiger charge is -2.11. The van der Waals surface area contributed by atoms with Crippen LogP contribution in [0.2, 0.25) is 0 Å². The minimum atomic E-state index is 0.0131. The Kier molecular flexibility index (Phi) is 7.09. The summed E-state index contributed by atoms with van der Waals surface area (Å²) in [7, 11) is 0. The monoisotopic (exact) mass is 278 g/mol. The van der Waals surface area contributed by atoms with Gasteiger partial charge in [0.1, 0.15) is 5.75 Å². The molecule has 4 heteroatoms. The van der Waals surface area contributed by atoms with Crippen LogP contribution in [0.15, 0.2) is 24.3 Å². The third kappa shape index (κ3) is 7.14. The Morgan fingerprint density at radius 1 is 1.25 bits per heavy atom. The second-order valence-electron chi connectivity index (χ2n) is 5.64. The van der Waals surface area contributed by atoms with Crippen molar-refractivity contribution in [2.75, 3.05) is 18.5 Å². The van der Waals surface area contributed by atoms with Crippen LogP contribution in [0.4, 0.5) is 5.69 Å². The number of nitrogens with one attached hydrogen (secondary N) is 2. The van der Waals surface area contributed by atoms with Gasteiger partial charge in [-0.3, -0.25) is 4.79 Å². The second-order valence-corrected chi connectivity index (χ2v) is 5.64. The van der Waals surface area contributed by atoms with Crippen molar-refractivity contribution in [1.82, 2.24) is 5.32 Å². The molecule has 1 aromatic rings. The predicted octanol–water partition coefficient (Wildman–Crippen LogP) is 3.05. The van der Waals surface area contributed by atoms with E-state index in [4.69, 9.17) is 4.74 Å². The standard InChI is InChI=1S/C16H26N2O2/c1-12(2)11-20-15-7-5-6-14(10-15)18-16(19)8-9-17-13(3)4/h5-7,10,12-13,17H,8-9,11H2,1-4H3,(H,18,19). The molecule has 112 valence electrons. The topological polar surface area (TPSA) is 50.4 Å². The van der Waals surface area contributed by atoms with E-state index in [1.165, 1.54) is 0 Å². The van der Waals surface area contributed by atoms with E-state index in [0.717, 1.165) is 11.4 Å². The lowest BCUT2D eigenvalue weighted by atomic mass is 10.2. The minimum Gasteiger partial charge on any atom is -0.493 e. The van der Waals surface area contributed by atoms with Crippen molar-refractivity contribution >= 4 is 11.6 Å². The van der Waals surface area contributed by atoms with Gasteiger partial charge in [0, 0.05) is 30.8 Å². The molecule has 0 fully saturated rings. The third-order valence-corrected chi connectivity index (χ3v) is 2.61. The van der Waals surface area contributed by atoms with E-state index >= 15 is 0 Å². The summed E-state index contributed by atoms with van der Waals surface area (Å²) in [5.74, 6) is 1.28. The molecule has 0 aliphatic carbocycles. The zero-order valence-corrected chi connectivity index (χ0v) is 12.9. The fraction of sp³-hybridized carbons (Fsp3) is 0.562. The van der Waals surface area contributed by atoms with Gasteiger partial charge < -0.3 is 15.4 Å². The van der Waals surface area contributed by atoms with Gasteiger partial charge in [-0.2, -0.15) is 0 Å². The number of carbonyl (C=O) groups is 1. The Morgan fingerprint density at radius 2 is 2.00 bits per heavy atom. The molecule has 0 spiro atoms. The van der Waals surface area contributed by atoms with Crippen LogP contribution in [0.25, 0.3) is 0 Å². The summed E-state index contributed by atoms with van der Waals surface area (Å²) in [6.45, 7) is 9.70. The molecule has 0 saturated carbocycles. The van der Waals surface area contributed by atoms with E-state index in [-0.39, 0.29) is 5.91 Å². The molecule has 4 nitrogen and oxygen atoms in total. The number of rotatable bonds is 8. The van der Waals surface area contributed by atoms with Crippen LogP contribution in [-0.2, 0) is 4.79 Å². The Bertz CT molecular complexity index is 417. The molecular formula is C16H26N2O2. The highest BCUT2D eigenvalue weighted by Crippen LogP contribution is 2.18. The molecule has 2 N–H and O–H groups in total. The van der Waals surface area contributed by atoms with E-state index in [9.17, 15) is 4.79 Å². The SMILES string of the molecule is CC(C)COc1cccc(NC(=O)CCNC(C)C)c1. The molecule has 20 heavy (non-hydrogen) atoms. The molecule has 0 radical (unpaired) electrons. The lowest BCUT2D eigenvalue weighted by molar-refractivity contribution is -0.116. The quantitative estimate of drug-likeness (QED) is 0.768. The van der Waals surface area contributed by atoms with Gasteiger partial charge in [0.05, 0.1) is 6.61 Å². The van der Waals surface area contributed by atoms with Crippen molar-refractivity contribution in [2.45, 2.75) is 40.2 Å². The molecule has 0 unspecified atom stereocenters. The summed E-state index contributed by atoms with van der Waals surface area (Å²) in [5, 5.41) is 6.11. The van der Waals surface area contributed by atoms with Gasteiger partial charge in [-0.1, -0.05) is 33.8 Å². The van der Waals surface area contributed by atoms with Gasteiger partial charge in [-0.15, -0.1) is 0 Å². The number of carbonyl (C=O) groups excluding carboxylic acids is 1. The average Bonchev–Trinajstić information content (AvgIpc) is 2.36. The summed E-state index contributed by atoms with van der Waals surface area (Å²) in [6.07, 6.45) is 0.468. The molecule has 1 aromatic carbocycles. The number of benzene rings is 1. The van der Waals surface area contributed by atoms with Crippen LogP contribution >= 0.6 is 0 Å². The van der Waals surface area contributed by atoms with Crippen molar-refractivity contribution in [2.24, 2.45) is 5.92 Å². The molecule has 1 amide bonds. The zero-order chi connectivity index (χ0) is 15.0. The van der Waals surface area contributed by atoms with E-state index in [1.807, 2.05) is 24.3 Å². The maximum absolute atomic E-state index is 11.8. The van der Waals surface area contributed by atoms with Crippen LogP contribution in [-0.4, -0.2) is 25.1 Å². The highest BCUT2D eigenvalue weighted by Gasteiger charge is 2.04. The summed E-state index contributed by atoms with van der Waals surface area (Å²) in [6, 6.07) is 7.91. The first-order chi connectivity index (χ1) is 9.47. The van der Waals surface area contributed by atoms with E-state index < -0.39 is 0 Å². The minimum absolute atomic E-state index is 0.0131. The molecule has 0 atom stereocenters. The first-order valence-corrected chi connectivity index (χ1v) is 7.23. The number of hydrogen-bond donors (Lipinski definition) is 2. The Hall–Kier alpha value is -1.55. The van der Waals surface area contributed by atoms with Crippen LogP contribution in [0.3, 0.4) is 0 Å². The maximum atomic E-state index is 11.8. The van der Waals surface area contributed by atoms with Gasteiger partial charge in [0.25, 0.3) is 0 Å². The zero-order valence-electron chi connectivity index (χ0n) is 12.9. The largest absolute Gasteiger partial charge is 0.493 e. The molecule has 1 rings (SSSR count). The fourth-order valence-electron chi connectivity index (χ4n) is 1.62. The number of anilines is 1. The highest BCUT2D eigenvalue weighted by molar-refractivity contribution is 5.90. The van der Waals surface area contributed by atoms with Gasteiger partial charge in [0.2, 0.25) is 5.91 Å². The van der Waals surface area contributed by atoms with Crippen LogP contribution in [0.5, 0.6) is 5.75 Å². The van der Waals surface area contributed by atoms with Crippen molar-refractivity contribution in [3.05, 3.63) is 24.3 Å². The molecule has 0 aromatic heterocycles. The van der Waals surface area contributed by atoms with Crippen LogP contribution in [0, 0.1) is 5.92 Å². The predicted molar refractivity (Wildman–Crippen MR) is 83.2 cm³/mol. The van der Waals surface area contributed by atoms with Crippen molar-refractivity contribution in [3.8, 4) is 5.75 Å². The molecule has 0 aliphatic rings. The molecule has 0 heterocycles. The number of amides is 1. The van der Waals surface area contributed by atoms with Crippen molar-refractivity contribution in [3.63, 3.8) is 0 Å². The van der Waals surface area contributed by atoms with Gasteiger partial charge >= 0.3 is 0 Å². The highest BCUT2D eigenvalue weighted by atomic mass is 16.5. The Morgan fingerprint density at radius 3 is 2.65 bits per heavy atom. The lowest BCUT2D eigenvalue weighted by Crippen LogP contribution is -2.27. The molecule has 0 aliphatic heterocycles. The third-order valence-electron chi connectivity index (χ3n) is 2.61. The number of ether oxygens (including phenoxy) is 1. The van der Waals surface area contributed by atoms with Gasteiger partial charge in [-0.05, 0) is 18.1 Å². The normalized spacial score (nSPS) is 10.9. The Balaban J connectivity index is 2.42. The summed E-state index contributed by atoms with van der Waals surface area (Å²) in [5.41, 5.74) is 0.779. The first-order valence-electron chi connectivity index (χ1n) is 7.23. The second kappa shape index (κ2) is 8.59. The molecular weight excluding hydrogens is 252 g/mol. The van der Waals surface area contributed by atoms with E-state index in [0.29, 0.717) is 31.5 Å². The molecule has 0 bridgehead atoms. The van der Waals surface area contributed by atoms with Crippen molar-refractivity contribution in [1.29, 1.82) is 0 Å². The number of hydrogen-bond acceptors (Lipinski definition) is 3. The average molecular weight is 278 g/mol. The van der Waals surface area contributed by atoms with E-state index in [2.05, 4.69) is 38.3 Å². The van der Waals surface area contributed by atoms with Gasteiger partial charge in [-0.25, -0.2) is 0 Å². The van der Waals surface area contributed by atoms with Crippen LogP contribution in [0.1, 0.15) is 34.1 Å². The van der Waals surface area contributed by atoms with Crippen molar-refractivity contribution < 1.29 is 9.53 Å². The first kappa shape index (κ1) is 16.5. The summed E-state index contributed by atoms with van der Waals surface area (Å²) >= 11 is 0. The smallest absolute Gasteiger partial charge is 0.225 e. The maximum Gasteiger partial charge on any atom is 0.225 e. The summed E-state index contributed by atoms with van der Waals surface area (Å²) in [4.78, 5) is 11.8. The fourth-order valence-corrected chi connectivity index (χ4v) is 1.62. The van der Waals surface area contributed by atoms with E-state index in [1.54, 1.807) is 0 Å².